The van der Waals surface area contributed by atoms with Crippen molar-refractivity contribution < 1.29 is 40.3 Å². The second-order valence-electron chi connectivity index (χ2n) is 3.74. The van der Waals surface area contributed by atoms with E-state index >= 15 is 0 Å². The largest absolute Gasteiger partial charge is 0.416 e. The maximum atomic E-state index is 13.1. The Morgan fingerprint density at radius 3 is 1.75 bits per heavy atom. The number of rotatable bonds is 4. The minimum atomic E-state index is -4.10. The summed E-state index contributed by atoms with van der Waals surface area (Å²) < 4.78 is 94.1. The first-order valence-electron chi connectivity index (χ1n) is 5.25. The van der Waals surface area contributed by atoms with Crippen molar-refractivity contribution in [3.05, 3.63) is 29.1 Å². The molecule has 0 amide bonds. The molecule has 0 atom stereocenters. The van der Waals surface area contributed by atoms with E-state index in [1.165, 1.54) is 6.92 Å². The fourth-order valence-corrected chi connectivity index (χ4v) is 1.26. The van der Waals surface area contributed by atoms with E-state index in [-0.39, 0.29) is 6.42 Å². The third-order valence-corrected chi connectivity index (χ3v) is 2.23. The molecule has 0 unspecified atom stereocenters. The topological polar surface area (TPSA) is 26.3 Å². The molecule has 0 saturated heterocycles. The summed E-state index contributed by atoms with van der Waals surface area (Å²) in [7, 11) is 0. The van der Waals surface area contributed by atoms with E-state index in [0.717, 1.165) is 0 Å². The quantitative estimate of drug-likeness (QED) is 0.279. The van der Waals surface area contributed by atoms with E-state index in [1.807, 2.05) is 0 Å². The lowest BCUT2D eigenvalue weighted by molar-refractivity contribution is -0.163. The molecule has 0 bridgehead atoms. The number of carbonyl (C=O) groups is 1. The van der Waals surface area contributed by atoms with Crippen LogP contribution in [0.25, 0.3) is 0 Å². The van der Waals surface area contributed by atoms with Gasteiger partial charge in [-0.1, -0.05) is 6.92 Å². The Balaban J connectivity index is 3.20. The van der Waals surface area contributed by atoms with Crippen molar-refractivity contribution in [2.75, 3.05) is 0 Å². The predicted octanol–water partition coefficient (Wildman–Crippen LogP) is 3.72. The number of hydrogen-bond donors (Lipinski definition) is 0. The van der Waals surface area contributed by atoms with Gasteiger partial charge in [-0.05, 0) is 6.42 Å². The number of ether oxygens (including phenoxy) is 1. The molecule has 2 nitrogen and oxygen atoms in total. The minimum Gasteiger partial charge on any atom is -0.416 e. The van der Waals surface area contributed by atoms with Crippen molar-refractivity contribution in [1.29, 1.82) is 0 Å². The highest BCUT2D eigenvalue weighted by molar-refractivity contribution is 5.79. The number of hydrogen-bond acceptors (Lipinski definition) is 2. The zero-order valence-electron chi connectivity index (χ0n) is 9.88. The van der Waals surface area contributed by atoms with Crippen LogP contribution in [-0.4, -0.2) is 11.9 Å². The third kappa shape index (κ3) is 2.86. The smallest absolute Gasteiger partial charge is 0.382 e. The van der Waals surface area contributed by atoms with Crippen molar-refractivity contribution >= 4 is 5.97 Å². The first-order chi connectivity index (χ1) is 9.13. The normalized spacial score (nSPS) is 11.6. The van der Waals surface area contributed by atoms with Gasteiger partial charge in [0.15, 0.2) is 0 Å². The molecule has 1 aromatic carbocycles. The highest BCUT2D eigenvalue weighted by Crippen LogP contribution is 2.31. The van der Waals surface area contributed by atoms with Crippen LogP contribution in [0.1, 0.15) is 19.8 Å². The molecule has 0 aliphatic heterocycles. The van der Waals surface area contributed by atoms with E-state index in [0.29, 0.717) is 0 Å². The average Bonchev–Trinajstić information content (AvgIpc) is 2.38. The molecule has 0 spiro atoms. The lowest BCUT2D eigenvalue weighted by atomic mass is 10.2. The number of carbonyl (C=O) groups excluding carboxylic acids is 1. The molecule has 0 fully saturated rings. The number of halogens is 7. The summed E-state index contributed by atoms with van der Waals surface area (Å²) in [5.74, 6) is -20.8. The molecule has 1 aromatic rings. The SMILES string of the molecule is CCCC(F)(F)C(=O)Oc1c(F)c(F)c(F)c(F)c1F. The van der Waals surface area contributed by atoms with Crippen LogP contribution in [0, 0.1) is 29.1 Å². The summed E-state index contributed by atoms with van der Waals surface area (Å²) in [6.45, 7) is 1.29. The summed E-state index contributed by atoms with van der Waals surface area (Å²) in [6.07, 6.45) is -1.17. The standard InChI is InChI=1S/C11H7F7O2/c1-2-3-11(17,18)10(19)20-9-7(15)5(13)4(12)6(14)8(9)16/h2-3H2,1H3. The summed E-state index contributed by atoms with van der Waals surface area (Å²) in [5.41, 5.74) is 0. The third-order valence-electron chi connectivity index (χ3n) is 2.23. The van der Waals surface area contributed by atoms with E-state index in [9.17, 15) is 35.5 Å². The van der Waals surface area contributed by atoms with Gasteiger partial charge in [-0.3, -0.25) is 0 Å². The van der Waals surface area contributed by atoms with Crippen molar-refractivity contribution in [3.8, 4) is 5.75 Å². The Hall–Kier alpha value is -1.80. The first kappa shape index (κ1) is 16.3. The zero-order chi connectivity index (χ0) is 15.7. The first-order valence-corrected chi connectivity index (χ1v) is 5.25. The van der Waals surface area contributed by atoms with Crippen molar-refractivity contribution in [2.45, 2.75) is 25.7 Å². The van der Waals surface area contributed by atoms with Crippen LogP contribution in [-0.2, 0) is 4.79 Å². The summed E-state index contributed by atoms with van der Waals surface area (Å²) in [5, 5.41) is 0. The molecule has 112 valence electrons. The van der Waals surface area contributed by atoms with Gasteiger partial charge in [-0.15, -0.1) is 0 Å². The van der Waals surface area contributed by atoms with E-state index in [4.69, 9.17) is 0 Å². The molecule has 0 heterocycles. The van der Waals surface area contributed by atoms with Gasteiger partial charge in [0.25, 0.3) is 0 Å². The molecule has 0 saturated carbocycles. The second-order valence-corrected chi connectivity index (χ2v) is 3.74. The highest BCUT2D eigenvalue weighted by atomic mass is 19.3. The van der Waals surface area contributed by atoms with Crippen molar-refractivity contribution in [1.82, 2.24) is 0 Å². The van der Waals surface area contributed by atoms with Gasteiger partial charge in [0.2, 0.25) is 34.8 Å². The predicted molar refractivity (Wildman–Crippen MR) is 51.7 cm³/mol. The number of esters is 1. The number of alkyl halides is 2. The molecular weight excluding hydrogens is 297 g/mol. The van der Waals surface area contributed by atoms with Gasteiger partial charge in [0.1, 0.15) is 0 Å². The van der Waals surface area contributed by atoms with Crippen LogP contribution in [0.3, 0.4) is 0 Å². The average molecular weight is 304 g/mol. The summed E-state index contributed by atoms with van der Waals surface area (Å²) in [6, 6.07) is 0. The fraction of sp³-hybridized carbons (Fsp3) is 0.364. The van der Waals surface area contributed by atoms with Gasteiger partial charge in [-0.25, -0.2) is 18.0 Å². The van der Waals surface area contributed by atoms with Gasteiger partial charge in [0, 0.05) is 6.42 Å². The van der Waals surface area contributed by atoms with Crippen LogP contribution in [0.5, 0.6) is 5.75 Å². The zero-order valence-corrected chi connectivity index (χ0v) is 9.88. The molecule has 0 aliphatic carbocycles. The van der Waals surface area contributed by atoms with Crippen LogP contribution in [0.15, 0.2) is 0 Å². The Morgan fingerprint density at radius 2 is 1.35 bits per heavy atom. The molecular formula is C11H7F7O2. The summed E-state index contributed by atoms with van der Waals surface area (Å²) in [4.78, 5) is 11.0. The molecule has 9 heteroatoms. The lowest BCUT2D eigenvalue weighted by Gasteiger charge is -2.15. The van der Waals surface area contributed by atoms with Gasteiger partial charge in [-0.2, -0.15) is 17.6 Å². The Kier molecular flexibility index (Phi) is 4.61. The maximum Gasteiger partial charge on any atom is 0.382 e. The second kappa shape index (κ2) is 5.68. The fourth-order valence-electron chi connectivity index (χ4n) is 1.26. The molecule has 0 aromatic heterocycles. The molecule has 0 radical (unpaired) electrons. The molecule has 20 heavy (non-hydrogen) atoms. The van der Waals surface area contributed by atoms with Crippen molar-refractivity contribution in [3.63, 3.8) is 0 Å². The summed E-state index contributed by atoms with van der Waals surface area (Å²) >= 11 is 0. The van der Waals surface area contributed by atoms with Gasteiger partial charge >= 0.3 is 11.9 Å². The van der Waals surface area contributed by atoms with Crippen molar-refractivity contribution in [2.24, 2.45) is 0 Å². The van der Waals surface area contributed by atoms with E-state index < -0.39 is 53.1 Å². The Bertz CT molecular complexity index is 513. The molecule has 1 rings (SSSR count). The molecule has 0 N–H and O–H groups in total. The highest BCUT2D eigenvalue weighted by Gasteiger charge is 2.41. The van der Waals surface area contributed by atoms with Gasteiger partial charge in [0.05, 0.1) is 0 Å². The van der Waals surface area contributed by atoms with E-state index in [2.05, 4.69) is 4.74 Å². The van der Waals surface area contributed by atoms with Crippen LogP contribution >= 0.6 is 0 Å². The number of benzene rings is 1. The monoisotopic (exact) mass is 304 g/mol. The van der Waals surface area contributed by atoms with Crippen LogP contribution in [0.4, 0.5) is 30.7 Å². The van der Waals surface area contributed by atoms with E-state index in [1.54, 1.807) is 0 Å². The maximum absolute atomic E-state index is 13.1. The van der Waals surface area contributed by atoms with Crippen LogP contribution in [0.2, 0.25) is 0 Å². The lowest BCUT2D eigenvalue weighted by Crippen LogP contribution is -2.33. The van der Waals surface area contributed by atoms with Crippen LogP contribution < -0.4 is 4.74 Å². The van der Waals surface area contributed by atoms with Gasteiger partial charge < -0.3 is 4.74 Å². The molecule has 0 aliphatic rings. The Labute approximate surface area is 108 Å². The minimum absolute atomic E-state index is 0.167. The Morgan fingerprint density at radius 1 is 0.950 bits per heavy atom.